The van der Waals surface area contributed by atoms with Crippen LogP contribution in [0.3, 0.4) is 0 Å². The van der Waals surface area contributed by atoms with E-state index in [0.29, 0.717) is 0 Å². The summed E-state index contributed by atoms with van der Waals surface area (Å²) in [5.41, 5.74) is 18.3. The Labute approximate surface area is 357 Å². The van der Waals surface area contributed by atoms with Crippen molar-refractivity contribution in [1.82, 2.24) is 4.48 Å². The molecule has 0 amide bonds. The SMILES string of the molecule is C=C(C)c1cc(N2c3cc4cc5ccc(N(c6ccccc6)c6ccccc6)cc5cc4cc3B3c4c(cccc42)-c2cccc4c5ccccc5n3c24)cc(C(C)(C)C)c1. The molecule has 1 aromatic heterocycles. The molecule has 290 valence electrons. The van der Waals surface area contributed by atoms with Crippen molar-refractivity contribution in [2.75, 3.05) is 9.80 Å². The molecule has 4 heteroatoms. The van der Waals surface area contributed by atoms with Gasteiger partial charge < -0.3 is 14.3 Å². The lowest BCUT2D eigenvalue weighted by atomic mass is 9.45. The Bertz CT molecular complexity index is 3410. The first kappa shape index (κ1) is 35.6. The Morgan fingerprint density at radius 1 is 0.541 bits per heavy atom. The molecule has 0 unspecified atom stereocenters. The van der Waals surface area contributed by atoms with Crippen LogP contribution < -0.4 is 20.7 Å². The van der Waals surface area contributed by atoms with E-state index in [9.17, 15) is 0 Å². The quantitative estimate of drug-likeness (QED) is 0.127. The van der Waals surface area contributed by atoms with Crippen LogP contribution in [0.5, 0.6) is 0 Å². The van der Waals surface area contributed by atoms with Crippen LogP contribution in [0, 0.1) is 0 Å². The molecule has 0 radical (unpaired) electrons. The third-order valence-corrected chi connectivity index (χ3v) is 13.2. The van der Waals surface area contributed by atoms with Crippen molar-refractivity contribution < 1.29 is 0 Å². The fraction of sp³-hybridized carbons (Fsp3) is 0.0877. The number of hydrogen-bond donors (Lipinski definition) is 0. The molecule has 12 rings (SSSR count). The van der Waals surface area contributed by atoms with Crippen LogP contribution in [0.15, 0.2) is 189 Å². The molecule has 0 bridgehead atoms. The Balaban J connectivity index is 1.15. The Hall–Kier alpha value is -7.30. The van der Waals surface area contributed by atoms with Gasteiger partial charge in [0.25, 0.3) is 0 Å². The van der Waals surface area contributed by atoms with E-state index in [1.54, 1.807) is 0 Å². The van der Waals surface area contributed by atoms with Crippen molar-refractivity contribution in [2.24, 2.45) is 0 Å². The average molecular weight is 782 g/mol. The van der Waals surface area contributed by atoms with E-state index < -0.39 is 0 Å². The monoisotopic (exact) mass is 781 g/mol. The van der Waals surface area contributed by atoms with E-state index in [1.807, 2.05) is 0 Å². The minimum absolute atomic E-state index is 0.0285. The molecular weight excluding hydrogens is 737 g/mol. The maximum Gasteiger partial charge on any atom is 0.333 e. The highest BCUT2D eigenvalue weighted by Gasteiger charge is 2.43. The molecule has 9 aromatic carbocycles. The average Bonchev–Trinajstić information content (AvgIpc) is 3.61. The van der Waals surface area contributed by atoms with Gasteiger partial charge in [-0.25, -0.2) is 0 Å². The summed E-state index contributed by atoms with van der Waals surface area (Å²) in [6.07, 6.45) is 0. The lowest BCUT2D eigenvalue weighted by Crippen LogP contribution is -2.56. The number of hydrogen-bond acceptors (Lipinski definition) is 2. The summed E-state index contributed by atoms with van der Waals surface area (Å²) in [4.78, 5) is 4.90. The van der Waals surface area contributed by atoms with Gasteiger partial charge in [-0.3, -0.25) is 0 Å². The van der Waals surface area contributed by atoms with E-state index in [2.05, 4.69) is 231 Å². The van der Waals surface area contributed by atoms with E-state index in [4.69, 9.17) is 0 Å². The van der Waals surface area contributed by atoms with E-state index in [-0.39, 0.29) is 12.3 Å². The number of para-hydroxylation sites is 4. The van der Waals surface area contributed by atoms with Crippen molar-refractivity contribution in [2.45, 2.75) is 33.1 Å². The predicted molar refractivity (Wildman–Crippen MR) is 263 cm³/mol. The van der Waals surface area contributed by atoms with E-state index in [1.165, 1.54) is 87.9 Å². The Morgan fingerprint density at radius 3 is 1.95 bits per heavy atom. The van der Waals surface area contributed by atoms with Crippen molar-refractivity contribution in [3.05, 3.63) is 200 Å². The predicted octanol–water partition coefficient (Wildman–Crippen LogP) is 14.3. The molecule has 0 N–H and O–H groups in total. The second kappa shape index (κ2) is 13.1. The van der Waals surface area contributed by atoms with Gasteiger partial charge in [0.2, 0.25) is 0 Å². The maximum atomic E-state index is 4.44. The standard InChI is InChI=1S/C57H44BN3/c1-36(2)38-30-42(57(3,4)5)35-46(31-38)60-53-25-15-21-48-50-23-14-22-49-47-20-12-13-24-52(47)61(56(49)50)58(55(48)53)51-33-40-29-39-32-45(27-26-37(39)28-41(40)34-54(51)60)59(43-16-8-6-9-17-43)44-18-10-7-11-19-44/h6-35H,1H2,2-5H3. The zero-order valence-electron chi connectivity index (χ0n) is 34.9. The fourth-order valence-electron chi connectivity index (χ4n) is 10.3. The molecule has 2 aliphatic heterocycles. The molecule has 61 heavy (non-hydrogen) atoms. The molecule has 3 heterocycles. The first-order valence-electron chi connectivity index (χ1n) is 21.4. The number of fused-ring (bicyclic) bond motifs is 9. The normalized spacial score (nSPS) is 12.9. The van der Waals surface area contributed by atoms with Gasteiger partial charge in [-0.05, 0) is 140 Å². The summed E-state index contributed by atoms with van der Waals surface area (Å²) in [5.74, 6) is 0. The highest BCUT2D eigenvalue weighted by atomic mass is 15.2. The third kappa shape index (κ3) is 5.38. The minimum Gasteiger partial charge on any atom is -0.375 e. The van der Waals surface area contributed by atoms with Crippen LogP contribution in [0.25, 0.3) is 60.1 Å². The fourth-order valence-corrected chi connectivity index (χ4v) is 10.3. The molecule has 3 nitrogen and oxygen atoms in total. The van der Waals surface area contributed by atoms with Crippen LogP contribution in [0.1, 0.15) is 38.8 Å². The Kier molecular flexibility index (Phi) is 7.65. The molecular formula is C57H44BN3. The molecule has 0 aliphatic carbocycles. The summed E-state index contributed by atoms with van der Waals surface area (Å²) in [6.45, 7) is 13.5. The lowest BCUT2D eigenvalue weighted by molar-refractivity contribution is 0.590. The maximum absolute atomic E-state index is 4.44. The van der Waals surface area contributed by atoms with Gasteiger partial charge in [-0.1, -0.05) is 136 Å². The van der Waals surface area contributed by atoms with Crippen LogP contribution >= 0.6 is 0 Å². The smallest absolute Gasteiger partial charge is 0.333 e. The third-order valence-electron chi connectivity index (χ3n) is 13.2. The van der Waals surface area contributed by atoms with Gasteiger partial charge in [0.15, 0.2) is 0 Å². The van der Waals surface area contributed by atoms with Gasteiger partial charge in [0, 0.05) is 61.5 Å². The first-order valence-corrected chi connectivity index (χ1v) is 21.4. The molecule has 0 atom stereocenters. The Morgan fingerprint density at radius 2 is 1.20 bits per heavy atom. The molecule has 0 saturated carbocycles. The van der Waals surface area contributed by atoms with Crippen molar-refractivity contribution >= 4 is 101 Å². The first-order chi connectivity index (χ1) is 29.7. The topological polar surface area (TPSA) is 11.4 Å². The minimum atomic E-state index is -0.0518. The molecule has 0 spiro atoms. The zero-order chi connectivity index (χ0) is 41.1. The number of aromatic nitrogens is 1. The second-order valence-electron chi connectivity index (χ2n) is 18.0. The number of rotatable bonds is 5. The van der Waals surface area contributed by atoms with Gasteiger partial charge in [0.1, 0.15) is 0 Å². The van der Waals surface area contributed by atoms with Crippen molar-refractivity contribution in [3.8, 4) is 11.1 Å². The number of anilines is 6. The number of benzene rings is 9. The highest BCUT2D eigenvalue weighted by Crippen LogP contribution is 2.47. The molecule has 10 aromatic rings. The summed E-state index contributed by atoms with van der Waals surface area (Å²) >= 11 is 0. The van der Waals surface area contributed by atoms with Gasteiger partial charge in [-0.2, -0.15) is 0 Å². The zero-order valence-corrected chi connectivity index (χ0v) is 34.9. The van der Waals surface area contributed by atoms with Crippen LogP contribution in [0.4, 0.5) is 34.1 Å². The summed E-state index contributed by atoms with van der Waals surface area (Å²) < 4.78 is 2.65. The van der Waals surface area contributed by atoms with Crippen molar-refractivity contribution in [1.29, 1.82) is 0 Å². The number of nitrogens with zero attached hydrogens (tertiary/aromatic N) is 3. The van der Waals surface area contributed by atoms with Crippen LogP contribution in [0.2, 0.25) is 0 Å². The van der Waals surface area contributed by atoms with Gasteiger partial charge >= 0.3 is 6.85 Å². The number of allylic oxidation sites excluding steroid dienone is 1. The summed E-state index contributed by atoms with van der Waals surface area (Å²) in [7, 11) is 0. The second-order valence-corrected chi connectivity index (χ2v) is 18.0. The van der Waals surface area contributed by atoms with Crippen LogP contribution in [-0.4, -0.2) is 11.3 Å². The van der Waals surface area contributed by atoms with Crippen LogP contribution in [-0.2, 0) is 5.41 Å². The summed E-state index contributed by atoms with van der Waals surface area (Å²) in [6, 6.07) is 67.9. The molecule has 0 fully saturated rings. The van der Waals surface area contributed by atoms with Gasteiger partial charge in [0.05, 0.1) is 0 Å². The summed E-state index contributed by atoms with van der Waals surface area (Å²) in [5, 5.41) is 7.47. The van der Waals surface area contributed by atoms with Crippen molar-refractivity contribution in [3.63, 3.8) is 0 Å². The van der Waals surface area contributed by atoms with E-state index >= 15 is 0 Å². The highest BCUT2D eigenvalue weighted by molar-refractivity contribution is 6.90. The lowest BCUT2D eigenvalue weighted by Gasteiger charge is -2.41. The largest absolute Gasteiger partial charge is 0.375 e. The van der Waals surface area contributed by atoms with Gasteiger partial charge in [-0.15, -0.1) is 0 Å². The molecule has 0 saturated heterocycles. The molecule has 2 aliphatic rings. The van der Waals surface area contributed by atoms with E-state index in [0.717, 1.165) is 28.3 Å².